The van der Waals surface area contributed by atoms with Crippen LogP contribution in [0.5, 0.6) is 0 Å². The summed E-state index contributed by atoms with van der Waals surface area (Å²) in [6.45, 7) is 6.17. The minimum Gasteiger partial charge on any atom is -0.350 e. The zero-order valence-electron chi connectivity index (χ0n) is 11.5. The lowest BCUT2D eigenvalue weighted by atomic mass is 10.1. The first kappa shape index (κ1) is 13.3. The second-order valence-electron chi connectivity index (χ2n) is 5.16. The van der Waals surface area contributed by atoms with Crippen molar-refractivity contribution in [3.05, 3.63) is 36.0 Å². The number of aromatic amines is 1. The summed E-state index contributed by atoms with van der Waals surface area (Å²) in [5.41, 5.74) is 5.00. The Bertz CT molecular complexity index is 578. The smallest absolute Gasteiger partial charge is 0.287 e. The van der Waals surface area contributed by atoms with Crippen molar-refractivity contribution in [2.24, 2.45) is 11.0 Å². The van der Waals surface area contributed by atoms with Crippen LogP contribution in [-0.2, 0) is 0 Å². The summed E-state index contributed by atoms with van der Waals surface area (Å²) >= 11 is 0. The van der Waals surface area contributed by atoms with E-state index in [0.29, 0.717) is 11.6 Å². The molecule has 0 aliphatic rings. The van der Waals surface area contributed by atoms with Crippen LogP contribution in [-0.4, -0.2) is 16.6 Å². The minimum absolute atomic E-state index is 0.209. The molecule has 0 bridgehead atoms. The van der Waals surface area contributed by atoms with E-state index in [1.807, 2.05) is 37.3 Å². The fraction of sp³-hybridized carbons (Fsp3) is 0.333. The molecule has 1 heterocycles. The van der Waals surface area contributed by atoms with Gasteiger partial charge >= 0.3 is 0 Å². The molecule has 0 spiro atoms. The number of hydrogen-bond donors (Lipinski definition) is 2. The highest BCUT2D eigenvalue weighted by Crippen LogP contribution is 2.14. The Morgan fingerprint density at radius 1 is 1.37 bits per heavy atom. The van der Waals surface area contributed by atoms with Crippen molar-refractivity contribution in [2.75, 3.05) is 0 Å². The van der Waals surface area contributed by atoms with E-state index in [1.54, 1.807) is 0 Å². The number of fused-ring (bicyclic) bond motifs is 1. The van der Waals surface area contributed by atoms with Gasteiger partial charge in [-0.15, -0.1) is 0 Å². The highest BCUT2D eigenvalue weighted by atomic mass is 16.2. The summed E-state index contributed by atoms with van der Waals surface area (Å²) in [6, 6.07) is 9.63. The summed E-state index contributed by atoms with van der Waals surface area (Å²) in [7, 11) is 0. The molecule has 1 aromatic heterocycles. The van der Waals surface area contributed by atoms with Gasteiger partial charge in [-0.05, 0) is 31.4 Å². The van der Waals surface area contributed by atoms with E-state index < -0.39 is 0 Å². The molecule has 0 atom stereocenters. The number of nitrogens with one attached hydrogen (secondary N) is 2. The Labute approximate surface area is 112 Å². The summed E-state index contributed by atoms with van der Waals surface area (Å²) in [6.07, 6.45) is 0.882. The van der Waals surface area contributed by atoms with Crippen molar-refractivity contribution in [1.82, 2.24) is 10.4 Å². The number of nitrogens with zero attached hydrogens (tertiary/aromatic N) is 1. The van der Waals surface area contributed by atoms with E-state index in [-0.39, 0.29) is 5.91 Å². The number of carbonyl (C=O) groups is 1. The van der Waals surface area contributed by atoms with E-state index in [4.69, 9.17) is 0 Å². The summed E-state index contributed by atoms with van der Waals surface area (Å²) < 4.78 is 0. The molecule has 0 saturated heterocycles. The molecule has 0 saturated carbocycles. The first-order valence-corrected chi connectivity index (χ1v) is 6.47. The van der Waals surface area contributed by atoms with E-state index in [9.17, 15) is 4.79 Å². The van der Waals surface area contributed by atoms with Crippen molar-refractivity contribution in [3.63, 3.8) is 0 Å². The standard InChI is InChI=1S/C15H19N3O/c1-10(2)8-11(3)17-18-15(19)14-9-12-6-4-5-7-13(12)16-14/h4-7,9-10,16H,8H2,1-3H3,(H,18,19)/b17-11+. The van der Waals surface area contributed by atoms with Crippen molar-refractivity contribution < 1.29 is 4.79 Å². The number of aromatic nitrogens is 1. The van der Waals surface area contributed by atoms with Gasteiger partial charge < -0.3 is 4.98 Å². The average molecular weight is 257 g/mol. The van der Waals surface area contributed by atoms with Crippen molar-refractivity contribution in [1.29, 1.82) is 0 Å². The molecular weight excluding hydrogens is 238 g/mol. The highest BCUT2D eigenvalue weighted by molar-refractivity contribution is 5.98. The number of para-hydroxylation sites is 1. The largest absolute Gasteiger partial charge is 0.350 e. The number of hydrogen-bond acceptors (Lipinski definition) is 2. The van der Waals surface area contributed by atoms with E-state index in [0.717, 1.165) is 23.0 Å². The van der Waals surface area contributed by atoms with Gasteiger partial charge in [0.25, 0.3) is 5.91 Å². The molecule has 4 nitrogen and oxygen atoms in total. The number of hydrazone groups is 1. The van der Waals surface area contributed by atoms with Crippen molar-refractivity contribution >= 4 is 22.5 Å². The lowest BCUT2D eigenvalue weighted by Crippen LogP contribution is -2.19. The van der Waals surface area contributed by atoms with Crippen LogP contribution in [0.4, 0.5) is 0 Å². The number of benzene rings is 1. The maximum Gasteiger partial charge on any atom is 0.287 e. The third kappa shape index (κ3) is 3.44. The summed E-state index contributed by atoms with van der Waals surface area (Å²) in [5, 5.41) is 5.13. The average Bonchev–Trinajstić information content (AvgIpc) is 2.78. The van der Waals surface area contributed by atoms with E-state index in [2.05, 4.69) is 29.4 Å². The summed E-state index contributed by atoms with van der Waals surface area (Å²) in [4.78, 5) is 15.0. The van der Waals surface area contributed by atoms with Crippen LogP contribution in [0.1, 0.15) is 37.7 Å². The van der Waals surface area contributed by atoms with Crippen LogP contribution in [0.3, 0.4) is 0 Å². The van der Waals surface area contributed by atoms with Crippen molar-refractivity contribution in [2.45, 2.75) is 27.2 Å². The van der Waals surface area contributed by atoms with Gasteiger partial charge in [-0.3, -0.25) is 4.79 Å². The topological polar surface area (TPSA) is 57.2 Å². The van der Waals surface area contributed by atoms with Gasteiger partial charge in [-0.1, -0.05) is 32.0 Å². The Morgan fingerprint density at radius 2 is 2.11 bits per heavy atom. The lowest BCUT2D eigenvalue weighted by Gasteiger charge is -2.04. The van der Waals surface area contributed by atoms with Gasteiger partial charge in [0.2, 0.25) is 0 Å². The maximum absolute atomic E-state index is 12.0. The zero-order valence-corrected chi connectivity index (χ0v) is 11.5. The molecule has 4 heteroatoms. The first-order chi connectivity index (χ1) is 9.06. The quantitative estimate of drug-likeness (QED) is 0.640. The molecule has 2 aromatic rings. The second-order valence-corrected chi connectivity index (χ2v) is 5.16. The van der Waals surface area contributed by atoms with Crippen LogP contribution >= 0.6 is 0 Å². The lowest BCUT2D eigenvalue weighted by molar-refractivity contribution is 0.0950. The highest BCUT2D eigenvalue weighted by Gasteiger charge is 2.08. The number of carbonyl (C=O) groups excluding carboxylic acids is 1. The molecular formula is C15H19N3O. The van der Waals surface area contributed by atoms with Crippen LogP contribution < -0.4 is 5.43 Å². The Morgan fingerprint density at radius 3 is 2.79 bits per heavy atom. The molecule has 0 unspecified atom stereocenters. The van der Waals surface area contributed by atoms with Gasteiger partial charge in [0, 0.05) is 16.6 Å². The number of rotatable bonds is 4. The first-order valence-electron chi connectivity index (χ1n) is 6.47. The zero-order chi connectivity index (χ0) is 13.8. The number of H-pyrrole nitrogens is 1. The molecule has 100 valence electrons. The Balaban J connectivity index is 2.07. The molecule has 2 rings (SSSR count). The van der Waals surface area contributed by atoms with Crippen LogP contribution in [0.2, 0.25) is 0 Å². The van der Waals surface area contributed by atoms with Crippen LogP contribution in [0, 0.1) is 5.92 Å². The molecule has 2 N–H and O–H groups in total. The van der Waals surface area contributed by atoms with Gasteiger partial charge in [0.15, 0.2) is 0 Å². The molecule has 1 amide bonds. The van der Waals surface area contributed by atoms with Crippen LogP contribution in [0.15, 0.2) is 35.4 Å². The number of amides is 1. The predicted octanol–water partition coefficient (Wildman–Crippen LogP) is 3.32. The molecule has 19 heavy (non-hydrogen) atoms. The fourth-order valence-corrected chi connectivity index (χ4v) is 2.04. The molecule has 0 radical (unpaired) electrons. The minimum atomic E-state index is -0.209. The Kier molecular flexibility index (Phi) is 4.00. The van der Waals surface area contributed by atoms with Gasteiger partial charge in [-0.25, -0.2) is 5.43 Å². The van der Waals surface area contributed by atoms with Gasteiger partial charge in [-0.2, -0.15) is 5.10 Å². The van der Waals surface area contributed by atoms with Crippen LogP contribution in [0.25, 0.3) is 10.9 Å². The third-order valence-corrected chi connectivity index (χ3v) is 2.83. The van der Waals surface area contributed by atoms with E-state index in [1.165, 1.54) is 0 Å². The maximum atomic E-state index is 12.0. The SMILES string of the molecule is C/C(CC(C)C)=N\NC(=O)c1cc2ccccc2[nH]1. The normalized spacial score (nSPS) is 12.1. The second kappa shape index (κ2) is 5.69. The third-order valence-electron chi connectivity index (χ3n) is 2.83. The molecule has 0 aliphatic carbocycles. The van der Waals surface area contributed by atoms with Crippen molar-refractivity contribution in [3.8, 4) is 0 Å². The fourth-order valence-electron chi connectivity index (χ4n) is 2.04. The molecule has 0 fully saturated rings. The predicted molar refractivity (Wildman–Crippen MR) is 78.3 cm³/mol. The monoisotopic (exact) mass is 257 g/mol. The Hall–Kier alpha value is -2.10. The molecule has 1 aromatic carbocycles. The van der Waals surface area contributed by atoms with Gasteiger partial charge in [0.05, 0.1) is 0 Å². The van der Waals surface area contributed by atoms with E-state index >= 15 is 0 Å². The van der Waals surface area contributed by atoms with Gasteiger partial charge in [0.1, 0.15) is 5.69 Å². The summed E-state index contributed by atoms with van der Waals surface area (Å²) in [5.74, 6) is 0.327. The molecule has 0 aliphatic heterocycles.